The van der Waals surface area contributed by atoms with Crippen LogP contribution < -0.4 is 5.56 Å². The summed E-state index contributed by atoms with van der Waals surface area (Å²) in [6, 6.07) is 9.19. The third-order valence-electron chi connectivity index (χ3n) is 4.87. The van der Waals surface area contributed by atoms with Gasteiger partial charge >= 0.3 is 0 Å². The number of rotatable bonds is 4. The van der Waals surface area contributed by atoms with Crippen molar-refractivity contribution in [3.63, 3.8) is 0 Å². The number of carbonyl (C=O) groups is 2. The standard InChI is InChI=1S/C20H23N3O3/c1-13-17(20(26)22-14(2)21-13)11-18(24)23-10-6-9-16(12-23)19(25)15-7-4-3-5-8-15/h3-5,7-8,16H,6,9-12H2,1-2H3,(H,21,22,26). The van der Waals surface area contributed by atoms with Crippen LogP contribution in [-0.4, -0.2) is 39.6 Å². The molecule has 0 spiro atoms. The molecule has 1 aliphatic rings. The molecule has 1 unspecified atom stereocenters. The lowest BCUT2D eigenvalue weighted by molar-refractivity contribution is -0.131. The van der Waals surface area contributed by atoms with E-state index in [1.807, 2.05) is 30.3 Å². The molecule has 1 fully saturated rings. The zero-order valence-electron chi connectivity index (χ0n) is 15.1. The van der Waals surface area contributed by atoms with Crippen molar-refractivity contribution in [3.05, 3.63) is 63.3 Å². The molecule has 3 rings (SSSR count). The second-order valence-corrected chi connectivity index (χ2v) is 6.80. The van der Waals surface area contributed by atoms with E-state index in [-0.39, 0.29) is 29.6 Å². The number of hydrogen-bond donors (Lipinski definition) is 1. The highest BCUT2D eigenvalue weighted by atomic mass is 16.2. The van der Waals surface area contributed by atoms with Gasteiger partial charge in [0.2, 0.25) is 5.91 Å². The molecule has 1 N–H and O–H groups in total. The minimum absolute atomic E-state index is 0.0146. The van der Waals surface area contributed by atoms with Gasteiger partial charge in [0.15, 0.2) is 5.78 Å². The number of benzene rings is 1. The van der Waals surface area contributed by atoms with Crippen LogP contribution in [0.4, 0.5) is 0 Å². The normalized spacial score (nSPS) is 17.2. The zero-order valence-corrected chi connectivity index (χ0v) is 15.1. The first-order valence-corrected chi connectivity index (χ1v) is 8.89. The Morgan fingerprint density at radius 2 is 1.96 bits per heavy atom. The van der Waals surface area contributed by atoms with Gasteiger partial charge in [-0.3, -0.25) is 14.4 Å². The van der Waals surface area contributed by atoms with Gasteiger partial charge in [-0.1, -0.05) is 30.3 Å². The Bertz CT molecular complexity index is 874. The van der Waals surface area contributed by atoms with Crippen molar-refractivity contribution in [2.75, 3.05) is 13.1 Å². The summed E-state index contributed by atoms with van der Waals surface area (Å²) in [6.45, 7) is 4.48. The third-order valence-corrected chi connectivity index (χ3v) is 4.87. The number of hydrogen-bond acceptors (Lipinski definition) is 4. The van der Waals surface area contributed by atoms with Crippen LogP contribution in [0.2, 0.25) is 0 Å². The molecular weight excluding hydrogens is 330 g/mol. The van der Waals surface area contributed by atoms with Crippen LogP contribution in [0.15, 0.2) is 35.1 Å². The van der Waals surface area contributed by atoms with Gasteiger partial charge in [0.25, 0.3) is 5.56 Å². The number of amides is 1. The largest absolute Gasteiger partial charge is 0.342 e. The van der Waals surface area contributed by atoms with E-state index in [9.17, 15) is 14.4 Å². The van der Waals surface area contributed by atoms with E-state index >= 15 is 0 Å². The number of aromatic amines is 1. The molecule has 0 bridgehead atoms. The topological polar surface area (TPSA) is 83.1 Å². The maximum atomic E-state index is 12.7. The van der Waals surface area contributed by atoms with Crippen LogP contribution in [-0.2, 0) is 11.2 Å². The molecule has 6 heteroatoms. The lowest BCUT2D eigenvalue weighted by atomic mass is 9.90. The molecular formula is C20H23N3O3. The highest BCUT2D eigenvalue weighted by molar-refractivity contribution is 5.98. The molecule has 1 saturated heterocycles. The Morgan fingerprint density at radius 1 is 1.23 bits per heavy atom. The highest BCUT2D eigenvalue weighted by Crippen LogP contribution is 2.21. The summed E-state index contributed by atoms with van der Waals surface area (Å²) in [5.74, 6) is 0.296. The Kier molecular flexibility index (Phi) is 5.30. The summed E-state index contributed by atoms with van der Waals surface area (Å²) >= 11 is 0. The number of carbonyl (C=O) groups excluding carboxylic acids is 2. The number of piperidine rings is 1. The number of H-pyrrole nitrogens is 1. The monoisotopic (exact) mass is 353 g/mol. The van der Waals surface area contributed by atoms with Crippen molar-refractivity contribution in [1.82, 2.24) is 14.9 Å². The Labute approximate surface area is 152 Å². The van der Waals surface area contributed by atoms with Crippen molar-refractivity contribution in [1.29, 1.82) is 0 Å². The van der Waals surface area contributed by atoms with Gasteiger partial charge in [0.05, 0.1) is 6.42 Å². The summed E-state index contributed by atoms with van der Waals surface area (Å²) in [5.41, 5.74) is 1.39. The predicted octanol–water partition coefficient (Wildman–Crippen LogP) is 2.05. The number of ketones is 1. The van der Waals surface area contributed by atoms with Crippen LogP contribution in [0.25, 0.3) is 0 Å². The van der Waals surface area contributed by atoms with Gasteiger partial charge in [-0.2, -0.15) is 0 Å². The molecule has 1 aromatic carbocycles. The van der Waals surface area contributed by atoms with Crippen molar-refractivity contribution < 1.29 is 9.59 Å². The van der Waals surface area contributed by atoms with Crippen molar-refractivity contribution in [2.45, 2.75) is 33.1 Å². The molecule has 0 radical (unpaired) electrons. The molecule has 2 heterocycles. The van der Waals surface area contributed by atoms with E-state index in [4.69, 9.17) is 0 Å². The fraction of sp³-hybridized carbons (Fsp3) is 0.400. The Morgan fingerprint density at radius 3 is 2.65 bits per heavy atom. The van der Waals surface area contributed by atoms with Gasteiger partial charge in [0, 0.05) is 35.8 Å². The number of aryl methyl sites for hydroxylation is 2. The maximum absolute atomic E-state index is 12.7. The molecule has 1 atom stereocenters. The molecule has 1 amide bonds. The van der Waals surface area contributed by atoms with Crippen LogP contribution in [0.1, 0.15) is 40.3 Å². The van der Waals surface area contributed by atoms with Crippen LogP contribution >= 0.6 is 0 Å². The SMILES string of the molecule is Cc1nc(C)c(CC(=O)N2CCCC(C(=O)c3ccccc3)C2)c(=O)[nH]1. The minimum atomic E-state index is -0.266. The third kappa shape index (κ3) is 3.90. The van der Waals surface area contributed by atoms with E-state index < -0.39 is 0 Å². The lowest BCUT2D eigenvalue weighted by Gasteiger charge is -2.32. The fourth-order valence-electron chi connectivity index (χ4n) is 3.48. The van der Waals surface area contributed by atoms with Gasteiger partial charge in [-0.15, -0.1) is 0 Å². The predicted molar refractivity (Wildman–Crippen MR) is 98.1 cm³/mol. The highest BCUT2D eigenvalue weighted by Gasteiger charge is 2.29. The second-order valence-electron chi connectivity index (χ2n) is 6.80. The number of likely N-dealkylation sites (tertiary alicyclic amines) is 1. The number of Topliss-reactive ketones (excluding diaryl/α,β-unsaturated/α-hetero) is 1. The molecule has 2 aromatic rings. The van der Waals surface area contributed by atoms with E-state index in [1.54, 1.807) is 18.7 Å². The molecule has 1 aliphatic heterocycles. The molecule has 6 nitrogen and oxygen atoms in total. The lowest BCUT2D eigenvalue weighted by Crippen LogP contribution is -2.43. The molecule has 136 valence electrons. The smallest absolute Gasteiger partial charge is 0.254 e. The Balaban J connectivity index is 1.71. The van der Waals surface area contributed by atoms with Gasteiger partial charge in [-0.05, 0) is 26.7 Å². The summed E-state index contributed by atoms with van der Waals surface area (Å²) in [4.78, 5) is 46.1. The fourth-order valence-corrected chi connectivity index (χ4v) is 3.48. The number of nitrogens with zero attached hydrogens (tertiary/aromatic N) is 2. The summed E-state index contributed by atoms with van der Waals surface area (Å²) in [7, 11) is 0. The van der Waals surface area contributed by atoms with Gasteiger partial charge < -0.3 is 9.88 Å². The van der Waals surface area contributed by atoms with Gasteiger partial charge in [0.1, 0.15) is 5.82 Å². The first-order valence-electron chi connectivity index (χ1n) is 8.89. The quantitative estimate of drug-likeness (QED) is 0.853. The summed E-state index contributed by atoms with van der Waals surface area (Å²) in [6.07, 6.45) is 1.58. The van der Waals surface area contributed by atoms with Crippen LogP contribution in [0.5, 0.6) is 0 Å². The molecule has 26 heavy (non-hydrogen) atoms. The molecule has 0 aliphatic carbocycles. The first-order chi connectivity index (χ1) is 12.5. The number of nitrogens with one attached hydrogen (secondary N) is 1. The first kappa shape index (κ1) is 18.0. The summed E-state index contributed by atoms with van der Waals surface area (Å²) < 4.78 is 0. The van der Waals surface area contributed by atoms with Crippen molar-refractivity contribution in [3.8, 4) is 0 Å². The van der Waals surface area contributed by atoms with E-state index in [0.29, 0.717) is 35.7 Å². The van der Waals surface area contributed by atoms with E-state index in [2.05, 4.69) is 9.97 Å². The van der Waals surface area contributed by atoms with Gasteiger partial charge in [-0.25, -0.2) is 4.98 Å². The summed E-state index contributed by atoms with van der Waals surface area (Å²) in [5, 5.41) is 0. The maximum Gasteiger partial charge on any atom is 0.254 e. The average Bonchev–Trinajstić information content (AvgIpc) is 2.64. The van der Waals surface area contributed by atoms with E-state index in [1.165, 1.54) is 0 Å². The second kappa shape index (κ2) is 7.64. The molecule has 0 saturated carbocycles. The van der Waals surface area contributed by atoms with Crippen LogP contribution in [0, 0.1) is 19.8 Å². The van der Waals surface area contributed by atoms with Crippen molar-refractivity contribution >= 4 is 11.7 Å². The average molecular weight is 353 g/mol. The van der Waals surface area contributed by atoms with E-state index in [0.717, 1.165) is 12.8 Å². The minimum Gasteiger partial charge on any atom is -0.342 e. The zero-order chi connectivity index (χ0) is 18.7. The Hall–Kier alpha value is -2.76. The number of aromatic nitrogens is 2. The molecule has 1 aromatic heterocycles. The van der Waals surface area contributed by atoms with Crippen LogP contribution in [0.3, 0.4) is 0 Å². The van der Waals surface area contributed by atoms with Crippen molar-refractivity contribution in [2.24, 2.45) is 5.92 Å².